The lowest BCUT2D eigenvalue weighted by molar-refractivity contribution is -0.384. The molecule has 0 aliphatic carbocycles. The number of aryl methyl sites for hydroxylation is 2. The fourth-order valence-corrected chi connectivity index (χ4v) is 3.60. The monoisotopic (exact) mass is 451 g/mol. The number of nitro benzene ring substituents is 1. The molecule has 1 N–H and O–H groups in total. The van der Waals surface area contributed by atoms with Crippen molar-refractivity contribution in [2.75, 3.05) is 12.4 Å². The van der Waals surface area contributed by atoms with Crippen LogP contribution in [0.4, 0.5) is 11.5 Å². The van der Waals surface area contributed by atoms with Crippen LogP contribution < -0.4 is 10.1 Å². The van der Waals surface area contributed by atoms with Gasteiger partial charge >= 0.3 is 0 Å². The van der Waals surface area contributed by atoms with E-state index in [1.165, 1.54) is 16.8 Å². The smallest absolute Gasteiger partial charge is 0.270 e. The van der Waals surface area contributed by atoms with E-state index >= 15 is 0 Å². The number of pyridine rings is 1. The van der Waals surface area contributed by atoms with E-state index < -0.39 is 10.8 Å². The van der Waals surface area contributed by atoms with Gasteiger partial charge < -0.3 is 10.1 Å². The molecule has 4 rings (SSSR count). The summed E-state index contributed by atoms with van der Waals surface area (Å²) in [7, 11) is 1.57. The number of carbonyl (C=O) groups is 1. The first-order valence-corrected chi connectivity index (χ1v) is 9.93. The number of nitro groups is 1. The van der Waals surface area contributed by atoms with Crippen molar-refractivity contribution in [1.82, 2.24) is 14.8 Å². The van der Waals surface area contributed by atoms with Gasteiger partial charge in [0.15, 0.2) is 5.82 Å². The zero-order chi connectivity index (χ0) is 23.0. The molecule has 4 aromatic rings. The minimum Gasteiger partial charge on any atom is -0.494 e. The predicted octanol–water partition coefficient (Wildman–Crippen LogP) is 4.86. The Morgan fingerprint density at radius 3 is 2.69 bits per heavy atom. The van der Waals surface area contributed by atoms with Crippen LogP contribution in [0.3, 0.4) is 0 Å². The van der Waals surface area contributed by atoms with Crippen molar-refractivity contribution in [2.45, 2.75) is 13.8 Å². The zero-order valence-corrected chi connectivity index (χ0v) is 18.2. The maximum atomic E-state index is 12.9. The van der Waals surface area contributed by atoms with Gasteiger partial charge in [0.2, 0.25) is 0 Å². The van der Waals surface area contributed by atoms with Crippen LogP contribution >= 0.6 is 11.6 Å². The lowest BCUT2D eigenvalue weighted by Crippen LogP contribution is -2.16. The van der Waals surface area contributed by atoms with Gasteiger partial charge in [-0.2, -0.15) is 9.78 Å². The number of anilines is 1. The van der Waals surface area contributed by atoms with Crippen molar-refractivity contribution in [2.24, 2.45) is 0 Å². The van der Waals surface area contributed by atoms with Gasteiger partial charge in [0, 0.05) is 23.6 Å². The van der Waals surface area contributed by atoms with Crippen LogP contribution in [-0.2, 0) is 0 Å². The Kier molecular flexibility index (Phi) is 5.50. The number of fused-ring (bicyclic) bond motifs is 1. The second kappa shape index (κ2) is 8.27. The van der Waals surface area contributed by atoms with Crippen LogP contribution in [0.25, 0.3) is 16.7 Å². The Morgan fingerprint density at radius 2 is 1.97 bits per heavy atom. The van der Waals surface area contributed by atoms with Crippen LogP contribution in [-0.4, -0.2) is 32.7 Å². The van der Waals surface area contributed by atoms with Crippen molar-refractivity contribution in [3.63, 3.8) is 0 Å². The first kappa shape index (κ1) is 21.3. The summed E-state index contributed by atoms with van der Waals surface area (Å²) in [6.07, 6.45) is 0. The summed E-state index contributed by atoms with van der Waals surface area (Å²) in [6, 6.07) is 12.9. The average Bonchev–Trinajstić information content (AvgIpc) is 3.13. The topological polar surface area (TPSA) is 112 Å². The summed E-state index contributed by atoms with van der Waals surface area (Å²) < 4.78 is 6.94. The van der Waals surface area contributed by atoms with Crippen LogP contribution in [0.1, 0.15) is 21.6 Å². The SMILES string of the molecule is COc1cccc2c(C)cc(-n3nc(C)cc3NC(=O)c3cc([N+](=O)[O-])ccc3Cl)nc12. The third-order valence-corrected chi connectivity index (χ3v) is 5.24. The van der Waals surface area contributed by atoms with Crippen LogP contribution in [0, 0.1) is 24.0 Å². The largest absolute Gasteiger partial charge is 0.494 e. The van der Waals surface area contributed by atoms with E-state index in [-0.39, 0.29) is 16.3 Å². The molecule has 0 aliphatic heterocycles. The zero-order valence-electron chi connectivity index (χ0n) is 17.4. The van der Waals surface area contributed by atoms with E-state index in [0.717, 1.165) is 17.0 Å². The molecule has 2 heterocycles. The Morgan fingerprint density at radius 1 is 1.19 bits per heavy atom. The van der Waals surface area contributed by atoms with Crippen LogP contribution in [0.15, 0.2) is 48.5 Å². The number of ether oxygens (including phenoxy) is 1. The summed E-state index contributed by atoms with van der Waals surface area (Å²) in [5.74, 6) is 0.837. The Hall–Kier alpha value is -3.98. The second-order valence-electron chi connectivity index (χ2n) is 7.11. The molecule has 0 unspecified atom stereocenters. The number of para-hydroxylation sites is 1. The van der Waals surface area contributed by atoms with Crippen molar-refractivity contribution in [3.05, 3.63) is 80.5 Å². The van der Waals surface area contributed by atoms with Gasteiger partial charge in [0.05, 0.1) is 28.3 Å². The number of nitrogens with one attached hydrogen (secondary N) is 1. The quantitative estimate of drug-likeness (QED) is 0.342. The van der Waals surface area contributed by atoms with E-state index in [1.54, 1.807) is 20.1 Å². The molecule has 1 amide bonds. The number of hydrogen-bond donors (Lipinski definition) is 1. The van der Waals surface area contributed by atoms with E-state index in [2.05, 4.69) is 10.4 Å². The average molecular weight is 452 g/mol. The summed E-state index contributed by atoms with van der Waals surface area (Å²) in [4.78, 5) is 28.1. The summed E-state index contributed by atoms with van der Waals surface area (Å²) in [6.45, 7) is 3.73. The molecule has 0 radical (unpaired) electrons. The Bertz CT molecular complexity index is 1380. The highest BCUT2D eigenvalue weighted by Crippen LogP contribution is 2.29. The first-order valence-electron chi connectivity index (χ1n) is 9.55. The molecule has 0 spiro atoms. The van der Waals surface area contributed by atoms with Gasteiger partial charge in [-0.3, -0.25) is 14.9 Å². The van der Waals surface area contributed by atoms with Crippen LogP contribution in [0.5, 0.6) is 5.75 Å². The fourth-order valence-electron chi connectivity index (χ4n) is 3.39. The normalized spacial score (nSPS) is 10.9. The minimum atomic E-state index is -0.602. The molecule has 0 saturated carbocycles. The molecule has 10 heteroatoms. The van der Waals surface area contributed by atoms with Gasteiger partial charge in [-0.15, -0.1) is 0 Å². The highest BCUT2D eigenvalue weighted by molar-refractivity contribution is 6.34. The van der Waals surface area contributed by atoms with Gasteiger partial charge in [-0.05, 0) is 37.6 Å². The number of amides is 1. The standard InChI is InChI=1S/C22H18ClN5O4/c1-12-9-19(24-21-15(12)5-4-6-18(21)32-3)27-20(10-13(2)26-27)25-22(29)16-11-14(28(30)31)7-8-17(16)23/h4-11H,1-3H3,(H,25,29). The Labute approximate surface area is 187 Å². The second-order valence-corrected chi connectivity index (χ2v) is 7.52. The maximum Gasteiger partial charge on any atom is 0.270 e. The number of aromatic nitrogens is 3. The van der Waals surface area contributed by atoms with Crippen molar-refractivity contribution in [3.8, 4) is 11.6 Å². The third-order valence-electron chi connectivity index (χ3n) is 4.91. The number of methoxy groups -OCH3 is 1. The third kappa shape index (κ3) is 3.85. The van der Waals surface area contributed by atoms with Crippen molar-refractivity contribution in [1.29, 1.82) is 0 Å². The van der Waals surface area contributed by atoms with E-state index in [4.69, 9.17) is 21.3 Å². The predicted molar refractivity (Wildman–Crippen MR) is 121 cm³/mol. The number of nitrogens with zero attached hydrogens (tertiary/aromatic N) is 4. The van der Waals surface area contributed by atoms with Crippen LogP contribution in [0.2, 0.25) is 5.02 Å². The van der Waals surface area contributed by atoms with E-state index in [0.29, 0.717) is 28.6 Å². The van der Waals surface area contributed by atoms with Crippen molar-refractivity contribution >= 4 is 39.9 Å². The number of rotatable bonds is 5. The molecular weight excluding hydrogens is 434 g/mol. The van der Waals surface area contributed by atoms with Gasteiger partial charge in [-0.25, -0.2) is 4.98 Å². The Balaban J connectivity index is 1.77. The molecule has 0 fully saturated rings. The van der Waals surface area contributed by atoms with Crippen molar-refractivity contribution < 1.29 is 14.5 Å². The number of benzene rings is 2. The number of non-ortho nitro benzene ring substituents is 1. The number of halogens is 1. The molecule has 2 aromatic carbocycles. The lowest BCUT2D eigenvalue weighted by Gasteiger charge is -2.12. The molecule has 32 heavy (non-hydrogen) atoms. The molecular formula is C22H18ClN5O4. The molecule has 2 aromatic heterocycles. The molecule has 0 atom stereocenters. The van der Waals surface area contributed by atoms with Gasteiger partial charge in [0.25, 0.3) is 11.6 Å². The molecule has 0 saturated heterocycles. The molecule has 9 nitrogen and oxygen atoms in total. The lowest BCUT2D eigenvalue weighted by atomic mass is 10.1. The number of hydrogen-bond acceptors (Lipinski definition) is 6. The summed E-state index contributed by atoms with van der Waals surface area (Å²) >= 11 is 6.11. The van der Waals surface area contributed by atoms with Gasteiger partial charge in [-0.1, -0.05) is 23.7 Å². The first-order chi connectivity index (χ1) is 15.3. The highest BCUT2D eigenvalue weighted by Gasteiger charge is 2.19. The summed E-state index contributed by atoms with van der Waals surface area (Å²) in [5, 5.41) is 19.3. The fraction of sp³-hybridized carbons (Fsp3) is 0.136. The van der Waals surface area contributed by atoms with E-state index in [9.17, 15) is 14.9 Å². The maximum absolute atomic E-state index is 12.9. The van der Waals surface area contributed by atoms with E-state index in [1.807, 2.05) is 31.2 Å². The molecule has 162 valence electrons. The molecule has 0 bridgehead atoms. The highest BCUT2D eigenvalue weighted by atomic mass is 35.5. The minimum absolute atomic E-state index is 0.0180. The summed E-state index contributed by atoms with van der Waals surface area (Å²) in [5.41, 5.74) is 2.01. The number of carbonyl (C=O) groups excluding carboxylic acids is 1. The van der Waals surface area contributed by atoms with Gasteiger partial charge in [0.1, 0.15) is 17.1 Å². The molecule has 0 aliphatic rings.